The van der Waals surface area contributed by atoms with Crippen molar-refractivity contribution < 1.29 is 13.9 Å². The van der Waals surface area contributed by atoms with Crippen LogP contribution in [0.5, 0.6) is 6.01 Å². The van der Waals surface area contributed by atoms with Crippen LogP contribution in [0, 0.1) is 17.2 Å². The van der Waals surface area contributed by atoms with E-state index in [1.54, 1.807) is 0 Å². The molecule has 9 heteroatoms. The van der Waals surface area contributed by atoms with Crippen LogP contribution in [-0.2, 0) is 24.1 Å². The summed E-state index contributed by atoms with van der Waals surface area (Å²) in [6.45, 7) is 11.3. The van der Waals surface area contributed by atoms with E-state index < -0.39 is 17.8 Å². The number of carbonyl (C=O) groups is 1. The quantitative estimate of drug-likeness (QED) is 0.213. The summed E-state index contributed by atoms with van der Waals surface area (Å²) in [6.07, 6.45) is 7.39. The lowest BCUT2D eigenvalue weighted by molar-refractivity contribution is -0.131. The highest BCUT2D eigenvalue weighted by molar-refractivity contribution is 6.31. The van der Waals surface area contributed by atoms with E-state index in [0.29, 0.717) is 31.6 Å². The minimum Gasteiger partial charge on any atom is -0.463 e. The number of hydrogen-bond acceptors (Lipinski definition) is 6. The average Bonchev–Trinajstić information content (AvgIpc) is 2.97. The van der Waals surface area contributed by atoms with Crippen molar-refractivity contribution in [2.24, 2.45) is 5.92 Å². The molecular formula is C32H43ClFN5O2. The van der Waals surface area contributed by atoms with Gasteiger partial charge in [0, 0.05) is 30.2 Å². The van der Waals surface area contributed by atoms with Gasteiger partial charge in [-0.1, -0.05) is 76.4 Å². The first kappa shape index (κ1) is 32.3. The molecule has 41 heavy (non-hydrogen) atoms. The molecule has 7 nitrogen and oxygen atoms in total. The van der Waals surface area contributed by atoms with Crippen LogP contribution in [0.4, 0.5) is 10.2 Å². The largest absolute Gasteiger partial charge is 0.463 e. The van der Waals surface area contributed by atoms with E-state index in [-0.39, 0.29) is 13.0 Å². The van der Waals surface area contributed by atoms with Crippen LogP contribution in [0.3, 0.4) is 0 Å². The van der Waals surface area contributed by atoms with Gasteiger partial charge in [0.2, 0.25) is 0 Å². The highest BCUT2D eigenvalue weighted by Crippen LogP contribution is 2.30. The van der Waals surface area contributed by atoms with Crippen LogP contribution in [0.25, 0.3) is 0 Å². The van der Waals surface area contributed by atoms with E-state index in [1.165, 1.54) is 4.90 Å². The lowest BCUT2D eigenvalue weighted by Crippen LogP contribution is -2.55. The SMILES string of the molecule is C=C(F)C(=O)N1CCN(c2nc(OCC(CC)CCC)nc(CCCc3ccccc3Cl)c2CCC)CC1CC#N. The Morgan fingerprint density at radius 3 is 2.63 bits per heavy atom. The van der Waals surface area contributed by atoms with Gasteiger partial charge in [0.25, 0.3) is 5.91 Å². The predicted octanol–water partition coefficient (Wildman–Crippen LogP) is 6.88. The van der Waals surface area contributed by atoms with Crippen molar-refractivity contribution in [3.8, 4) is 12.1 Å². The monoisotopic (exact) mass is 583 g/mol. The van der Waals surface area contributed by atoms with Gasteiger partial charge in [0.1, 0.15) is 5.82 Å². The summed E-state index contributed by atoms with van der Waals surface area (Å²) >= 11 is 6.41. The number of halogens is 2. The van der Waals surface area contributed by atoms with Gasteiger partial charge in [0.15, 0.2) is 5.83 Å². The Kier molecular flexibility index (Phi) is 12.9. The third kappa shape index (κ3) is 8.90. The molecule has 222 valence electrons. The second kappa shape index (κ2) is 16.3. The van der Waals surface area contributed by atoms with Crippen LogP contribution >= 0.6 is 11.6 Å². The van der Waals surface area contributed by atoms with Gasteiger partial charge >= 0.3 is 6.01 Å². The normalized spacial score (nSPS) is 15.9. The second-order valence-corrected chi connectivity index (χ2v) is 11.1. The number of rotatable bonds is 15. The molecule has 1 aliphatic rings. The fraction of sp³-hybridized carbons (Fsp3) is 0.562. The number of hydrogen-bond donors (Lipinski definition) is 0. The Bertz CT molecular complexity index is 1220. The van der Waals surface area contributed by atoms with E-state index in [4.69, 9.17) is 26.3 Å². The number of nitrogens with zero attached hydrogens (tertiary/aromatic N) is 5. The smallest absolute Gasteiger partial charge is 0.318 e. The van der Waals surface area contributed by atoms with Gasteiger partial charge < -0.3 is 14.5 Å². The van der Waals surface area contributed by atoms with Crippen LogP contribution < -0.4 is 9.64 Å². The number of ether oxygens (including phenoxy) is 1. The van der Waals surface area contributed by atoms with Crippen molar-refractivity contribution in [2.75, 3.05) is 31.1 Å². The molecular weight excluding hydrogens is 541 g/mol. The molecule has 1 fully saturated rings. The van der Waals surface area contributed by atoms with Crippen molar-refractivity contribution in [3.63, 3.8) is 0 Å². The minimum absolute atomic E-state index is 0.0902. The number of aromatic nitrogens is 2. The van der Waals surface area contributed by atoms with Gasteiger partial charge in [0.05, 0.1) is 30.8 Å². The Labute approximate surface area is 249 Å². The van der Waals surface area contributed by atoms with Gasteiger partial charge in [-0.2, -0.15) is 15.2 Å². The van der Waals surface area contributed by atoms with Gasteiger partial charge in [-0.3, -0.25) is 4.79 Å². The maximum atomic E-state index is 13.8. The zero-order valence-electron chi connectivity index (χ0n) is 24.7. The zero-order valence-corrected chi connectivity index (χ0v) is 25.4. The Hall–Kier alpha value is -3.18. The van der Waals surface area contributed by atoms with Crippen molar-refractivity contribution in [1.29, 1.82) is 5.26 Å². The Morgan fingerprint density at radius 2 is 1.98 bits per heavy atom. The number of carbonyl (C=O) groups excluding carboxylic acids is 1. The van der Waals surface area contributed by atoms with Crippen molar-refractivity contribution >= 4 is 23.3 Å². The number of amides is 1. The third-order valence-electron chi connectivity index (χ3n) is 7.69. The third-order valence-corrected chi connectivity index (χ3v) is 8.06. The van der Waals surface area contributed by atoms with Gasteiger partial charge in [-0.25, -0.2) is 4.39 Å². The summed E-state index contributed by atoms with van der Waals surface area (Å²) in [5, 5.41) is 10.2. The molecule has 0 bridgehead atoms. The molecule has 1 aliphatic heterocycles. The van der Waals surface area contributed by atoms with Gasteiger partial charge in [-0.05, 0) is 49.7 Å². The maximum Gasteiger partial charge on any atom is 0.318 e. The molecule has 2 heterocycles. The van der Waals surface area contributed by atoms with E-state index in [2.05, 4.69) is 44.4 Å². The van der Waals surface area contributed by atoms with Crippen molar-refractivity contribution in [1.82, 2.24) is 14.9 Å². The van der Waals surface area contributed by atoms with Crippen LogP contribution in [0.15, 0.2) is 36.7 Å². The lowest BCUT2D eigenvalue weighted by Gasteiger charge is -2.41. The zero-order chi connectivity index (χ0) is 29.8. The highest BCUT2D eigenvalue weighted by Gasteiger charge is 2.33. The summed E-state index contributed by atoms with van der Waals surface area (Å²) in [5.74, 6) is -0.562. The van der Waals surface area contributed by atoms with Crippen LogP contribution in [0.2, 0.25) is 5.02 Å². The first-order chi connectivity index (χ1) is 19.8. The Morgan fingerprint density at radius 1 is 1.20 bits per heavy atom. The molecule has 1 aromatic heterocycles. The second-order valence-electron chi connectivity index (χ2n) is 10.7. The van der Waals surface area contributed by atoms with E-state index >= 15 is 0 Å². The summed E-state index contributed by atoms with van der Waals surface area (Å²) in [4.78, 5) is 25.8. The number of nitriles is 1. The molecule has 2 unspecified atom stereocenters. The van der Waals surface area contributed by atoms with Gasteiger partial charge in [-0.15, -0.1) is 0 Å². The fourth-order valence-corrected chi connectivity index (χ4v) is 5.67. The Balaban J connectivity index is 1.94. The molecule has 2 atom stereocenters. The summed E-state index contributed by atoms with van der Waals surface area (Å²) in [6, 6.07) is 9.93. The van der Waals surface area contributed by atoms with Crippen LogP contribution in [-0.4, -0.2) is 53.1 Å². The van der Waals surface area contributed by atoms with E-state index in [9.17, 15) is 14.4 Å². The summed E-state index contributed by atoms with van der Waals surface area (Å²) in [5.41, 5.74) is 3.12. The van der Waals surface area contributed by atoms with Crippen LogP contribution in [0.1, 0.15) is 76.1 Å². The molecule has 0 saturated carbocycles. The molecule has 1 amide bonds. The topological polar surface area (TPSA) is 82.3 Å². The number of anilines is 1. The molecule has 1 aromatic carbocycles. The summed E-state index contributed by atoms with van der Waals surface area (Å²) in [7, 11) is 0. The first-order valence-electron chi connectivity index (χ1n) is 14.9. The van der Waals surface area contributed by atoms with Crippen molar-refractivity contribution in [2.45, 2.75) is 84.6 Å². The minimum atomic E-state index is -1.01. The number of piperazine rings is 1. The predicted molar refractivity (Wildman–Crippen MR) is 162 cm³/mol. The van der Waals surface area contributed by atoms with E-state index in [0.717, 1.165) is 79.0 Å². The highest BCUT2D eigenvalue weighted by atomic mass is 35.5. The first-order valence-corrected chi connectivity index (χ1v) is 15.2. The van der Waals surface area contributed by atoms with E-state index in [1.807, 2.05) is 18.2 Å². The standard InChI is InChI=1S/C32H43ClFN5O2/c1-5-11-24(7-3)22-41-32-36-29(16-10-14-25-13-8-9-15-28(25)33)27(12-6-2)30(37-32)38-19-20-39(31(40)23(4)34)26(21-38)17-18-35/h8-9,13,15,24,26H,4-7,10-12,14,16-17,19-22H2,1-3H3. The summed E-state index contributed by atoms with van der Waals surface area (Å²) < 4.78 is 20.0. The molecule has 3 rings (SSSR count). The fourth-order valence-electron chi connectivity index (χ4n) is 5.44. The molecule has 0 aliphatic carbocycles. The number of aryl methyl sites for hydroxylation is 2. The molecule has 0 N–H and O–H groups in total. The molecule has 0 radical (unpaired) electrons. The molecule has 0 spiro atoms. The molecule has 2 aromatic rings. The number of benzene rings is 1. The maximum absolute atomic E-state index is 13.8. The average molecular weight is 584 g/mol. The molecule has 1 saturated heterocycles. The lowest BCUT2D eigenvalue weighted by atomic mass is 10.0. The van der Waals surface area contributed by atoms with Crippen molar-refractivity contribution in [3.05, 3.63) is 58.5 Å².